The molecule has 0 spiro atoms. The molecule has 0 saturated carbocycles. The summed E-state index contributed by atoms with van der Waals surface area (Å²) in [6, 6.07) is 11.8. The van der Waals surface area contributed by atoms with Crippen molar-refractivity contribution in [2.75, 3.05) is 6.54 Å². The maximum Gasteiger partial charge on any atom is 0.206 e. The monoisotopic (exact) mass is 359 g/mol. The summed E-state index contributed by atoms with van der Waals surface area (Å²) in [5.74, 6) is 0. The van der Waals surface area contributed by atoms with Crippen LogP contribution in [0.25, 0.3) is 11.3 Å². The molecular weight excluding hydrogens is 346 g/mol. The van der Waals surface area contributed by atoms with Crippen LogP contribution < -0.4 is 4.80 Å². The minimum Gasteiger partial charge on any atom is -0.253 e. The molecule has 116 valence electrons. The van der Waals surface area contributed by atoms with E-state index in [4.69, 9.17) is 11.6 Å². The van der Waals surface area contributed by atoms with Gasteiger partial charge in [0.2, 0.25) is 4.80 Å². The lowest BCUT2D eigenvalue weighted by atomic mass is 10.2. The van der Waals surface area contributed by atoms with E-state index in [2.05, 4.69) is 16.7 Å². The average Bonchev–Trinajstić information content (AvgIpc) is 3.20. The van der Waals surface area contributed by atoms with Crippen LogP contribution in [0.4, 0.5) is 0 Å². The molecule has 3 aromatic rings. The van der Waals surface area contributed by atoms with E-state index in [1.54, 1.807) is 28.7 Å². The molecule has 0 N–H and O–H groups in total. The van der Waals surface area contributed by atoms with Gasteiger partial charge in [0.15, 0.2) is 0 Å². The van der Waals surface area contributed by atoms with E-state index in [1.165, 1.54) is 0 Å². The summed E-state index contributed by atoms with van der Waals surface area (Å²) in [6.45, 7) is 4.28. The molecule has 3 nitrogen and oxygen atoms in total. The highest BCUT2D eigenvalue weighted by atomic mass is 35.5. The first-order chi connectivity index (χ1) is 11.3. The third-order valence-electron chi connectivity index (χ3n) is 3.01. The maximum atomic E-state index is 6.12. The molecule has 0 aliphatic carbocycles. The van der Waals surface area contributed by atoms with E-state index in [0.29, 0.717) is 11.6 Å². The molecule has 0 aliphatic heterocycles. The van der Waals surface area contributed by atoms with Crippen molar-refractivity contribution in [1.29, 1.82) is 0 Å². The molecule has 0 radical (unpaired) electrons. The number of thiazole rings is 1. The van der Waals surface area contributed by atoms with Gasteiger partial charge in [0.05, 0.1) is 18.5 Å². The number of hydrogen-bond acceptors (Lipinski definition) is 4. The maximum absolute atomic E-state index is 6.12. The Morgan fingerprint density at radius 1 is 1.22 bits per heavy atom. The third-order valence-corrected chi connectivity index (χ3v) is 4.90. The Bertz CT molecular complexity index is 889. The van der Waals surface area contributed by atoms with Crippen LogP contribution in [0, 0.1) is 0 Å². The lowest BCUT2D eigenvalue weighted by Crippen LogP contribution is -2.12. The Balaban J connectivity index is 2.09. The quantitative estimate of drug-likeness (QED) is 0.458. The first kappa shape index (κ1) is 15.9. The summed E-state index contributed by atoms with van der Waals surface area (Å²) in [5, 5.41) is 9.38. The molecule has 0 fully saturated rings. The molecular formula is C17H14ClN3S2. The fourth-order valence-corrected chi connectivity index (χ4v) is 3.60. The van der Waals surface area contributed by atoms with E-state index in [-0.39, 0.29) is 0 Å². The normalized spacial score (nSPS) is 12.1. The summed E-state index contributed by atoms with van der Waals surface area (Å²) < 4.78 is 1.85. The molecule has 0 atom stereocenters. The van der Waals surface area contributed by atoms with Gasteiger partial charge < -0.3 is 0 Å². The highest BCUT2D eigenvalue weighted by molar-refractivity contribution is 7.11. The molecule has 2 heterocycles. The largest absolute Gasteiger partial charge is 0.253 e. The molecule has 0 aliphatic rings. The van der Waals surface area contributed by atoms with Gasteiger partial charge in [-0.15, -0.1) is 29.3 Å². The molecule has 2 aromatic heterocycles. The van der Waals surface area contributed by atoms with Crippen LogP contribution in [-0.2, 0) is 0 Å². The first-order valence-corrected chi connectivity index (χ1v) is 9.07. The van der Waals surface area contributed by atoms with E-state index < -0.39 is 0 Å². The van der Waals surface area contributed by atoms with Crippen LogP contribution in [0.3, 0.4) is 0 Å². The second kappa shape index (κ2) is 7.55. The van der Waals surface area contributed by atoms with Crippen LogP contribution in [0.1, 0.15) is 4.88 Å². The van der Waals surface area contributed by atoms with Crippen LogP contribution in [0.5, 0.6) is 0 Å². The van der Waals surface area contributed by atoms with E-state index in [1.807, 2.05) is 58.0 Å². The van der Waals surface area contributed by atoms with Crippen LogP contribution in [0.2, 0.25) is 5.02 Å². The molecule has 3 rings (SSSR count). The Morgan fingerprint density at radius 3 is 2.87 bits per heavy atom. The molecule has 6 heteroatoms. The van der Waals surface area contributed by atoms with Crippen molar-refractivity contribution < 1.29 is 0 Å². The molecule has 1 aromatic carbocycles. The third kappa shape index (κ3) is 3.88. The van der Waals surface area contributed by atoms with Gasteiger partial charge in [0.1, 0.15) is 0 Å². The van der Waals surface area contributed by atoms with Gasteiger partial charge >= 0.3 is 0 Å². The lowest BCUT2D eigenvalue weighted by molar-refractivity contribution is 0.841. The first-order valence-electron chi connectivity index (χ1n) is 6.93. The van der Waals surface area contributed by atoms with Gasteiger partial charge in [0, 0.05) is 20.8 Å². The minimum atomic E-state index is 0.560. The number of hydrogen-bond donors (Lipinski definition) is 0. The summed E-state index contributed by atoms with van der Waals surface area (Å²) in [4.78, 5) is 6.43. The fourth-order valence-electron chi connectivity index (χ4n) is 1.99. The fraction of sp³-hybridized carbons (Fsp3) is 0.0588. The minimum absolute atomic E-state index is 0.560. The van der Waals surface area contributed by atoms with Gasteiger partial charge in [-0.25, -0.2) is 4.68 Å². The molecule has 0 amide bonds. The van der Waals surface area contributed by atoms with E-state index in [0.717, 1.165) is 20.9 Å². The summed E-state index contributed by atoms with van der Waals surface area (Å²) in [7, 11) is 0. The second-order valence-corrected chi connectivity index (χ2v) is 6.87. The smallest absolute Gasteiger partial charge is 0.206 e. The predicted molar refractivity (Wildman–Crippen MR) is 101 cm³/mol. The van der Waals surface area contributed by atoms with Crippen LogP contribution >= 0.6 is 34.3 Å². The van der Waals surface area contributed by atoms with E-state index >= 15 is 0 Å². The van der Waals surface area contributed by atoms with Gasteiger partial charge in [-0.3, -0.25) is 4.99 Å². The van der Waals surface area contributed by atoms with Crippen molar-refractivity contribution in [3.05, 3.63) is 74.5 Å². The number of rotatable bonds is 5. The Labute approximate surface area is 147 Å². The molecule has 0 unspecified atom stereocenters. The highest BCUT2D eigenvalue weighted by Gasteiger charge is 2.07. The summed E-state index contributed by atoms with van der Waals surface area (Å²) >= 11 is 9.31. The second-order valence-electron chi connectivity index (χ2n) is 4.62. The van der Waals surface area contributed by atoms with Crippen molar-refractivity contribution in [2.45, 2.75) is 0 Å². The Morgan fingerprint density at radius 2 is 2.13 bits per heavy atom. The van der Waals surface area contributed by atoms with Crippen LogP contribution in [0.15, 0.2) is 69.9 Å². The zero-order valence-electron chi connectivity index (χ0n) is 12.2. The van der Waals surface area contributed by atoms with Crippen molar-refractivity contribution in [3.8, 4) is 11.3 Å². The number of aromatic nitrogens is 1. The Hall–Kier alpha value is -1.95. The van der Waals surface area contributed by atoms with Crippen molar-refractivity contribution in [3.63, 3.8) is 0 Å². The standard InChI is InChI=1S/C17H14ClN3S2/c1-2-8-19-17-21(20-11-15-7-4-9-22-15)16(12-23-17)13-5-3-6-14(18)10-13/h2-7,9-12H,1,8H2. The summed E-state index contributed by atoms with van der Waals surface area (Å²) in [5.41, 5.74) is 1.98. The topological polar surface area (TPSA) is 29.6 Å². The zero-order chi connectivity index (χ0) is 16.1. The number of halogens is 1. The van der Waals surface area contributed by atoms with Crippen LogP contribution in [-0.4, -0.2) is 17.4 Å². The van der Waals surface area contributed by atoms with Crippen molar-refractivity contribution in [2.24, 2.45) is 10.1 Å². The van der Waals surface area contributed by atoms with E-state index in [9.17, 15) is 0 Å². The van der Waals surface area contributed by atoms with Gasteiger partial charge in [-0.2, -0.15) is 5.10 Å². The number of thiophene rings is 1. The van der Waals surface area contributed by atoms with Gasteiger partial charge in [-0.1, -0.05) is 35.9 Å². The SMILES string of the molecule is C=CCN=c1scc(-c2cccc(Cl)c2)n1N=Cc1cccs1. The molecule has 23 heavy (non-hydrogen) atoms. The molecule has 0 bridgehead atoms. The van der Waals surface area contributed by atoms with Crippen molar-refractivity contribution >= 4 is 40.5 Å². The predicted octanol–water partition coefficient (Wildman–Crippen LogP) is 4.90. The molecule has 0 saturated heterocycles. The number of nitrogens with zero attached hydrogens (tertiary/aromatic N) is 3. The highest BCUT2D eigenvalue weighted by Crippen LogP contribution is 2.23. The summed E-state index contributed by atoms with van der Waals surface area (Å²) in [6.07, 6.45) is 3.62. The van der Waals surface area contributed by atoms with Crippen molar-refractivity contribution in [1.82, 2.24) is 4.68 Å². The lowest BCUT2D eigenvalue weighted by Gasteiger charge is -2.03. The Kier molecular flexibility index (Phi) is 5.23. The van der Waals surface area contributed by atoms with Gasteiger partial charge in [-0.05, 0) is 23.6 Å². The average molecular weight is 360 g/mol. The zero-order valence-corrected chi connectivity index (χ0v) is 14.6. The van der Waals surface area contributed by atoms with Gasteiger partial charge in [0.25, 0.3) is 0 Å². The number of benzene rings is 1.